The Morgan fingerprint density at radius 3 is 2.73 bits per heavy atom. The Morgan fingerprint density at radius 2 is 1.85 bits per heavy atom. The molecule has 0 bridgehead atoms. The number of aromatic amines is 2. The summed E-state index contributed by atoms with van der Waals surface area (Å²) < 4.78 is 14.6. The van der Waals surface area contributed by atoms with Crippen molar-refractivity contribution in [2.45, 2.75) is 32.1 Å². The highest BCUT2D eigenvalue weighted by Crippen LogP contribution is 2.33. The van der Waals surface area contributed by atoms with Gasteiger partial charge < -0.3 is 10.3 Å². The van der Waals surface area contributed by atoms with Crippen LogP contribution < -0.4 is 5.32 Å². The monoisotopic (exact) mass is 532 g/mol. The molecule has 1 saturated carbocycles. The first kappa shape index (κ1) is 24.1. The van der Waals surface area contributed by atoms with Gasteiger partial charge in [0, 0.05) is 40.4 Å². The highest BCUT2D eigenvalue weighted by molar-refractivity contribution is 5.97. The van der Waals surface area contributed by atoms with Crippen LogP contribution in [0.4, 0.5) is 10.1 Å². The van der Waals surface area contributed by atoms with Gasteiger partial charge in [0.1, 0.15) is 11.5 Å². The van der Waals surface area contributed by atoms with E-state index in [2.05, 4.69) is 40.4 Å². The fraction of sp³-hybridized carbons (Fsp3) is 0.200. The third-order valence-electron chi connectivity index (χ3n) is 7.51. The molecular formula is C30H25FN8O. The van der Waals surface area contributed by atoms with Crippen LogP contribution in [0.2, 0.25) is 0 Å². The summed E-state index contributed by atoms with van der Waals surface area (Å²) in [4.78, 5) is 34.0. The number of carbonyl (C=O) groups is 1. The summed E-state index contributed by atoms with van der Waals surface area (Å²) >= 11 is 0. The summed E-state index contributed by atoms with van der Waals surface area (Å²) in [5.41, 5.74) is 5.63. The van der Waals surface area contributed by atoms with E-state index in [0.717, 1.165) is 42.1 Å². The molecule has 198 valence electrons. The SMILES string of the molecule is O=C(Nc1cncc(-c2cc3c(-c4nc5nccc(-c6ccccc6F)c5[nH]4)n[nH]c3cn2)c1)C1CCCCC1. The van der Waals surface area contributed by atoms with Crippen LogP contribution in [0.15, 0.2) is 67.3 Å². The summed E-state index contributed by atoms with van der Waals surface area (Å²) in [5.74, 6) is 0.282. The lowest BCUT2D eigenvalue weighted by Crippen LogP contribution is -2.24. The van der Waals surface area contributed by atoms with Crippen molar-refractivity contribution < 1.29 is 9.18 Å². The van der Waals surface area contributed by atoms with Gasteiger partial charge in [-0.25, -0.2) is 14.4 Å². The lowest BCUT2D eigenvalue weighted by atomic mass is 9.88. The molecule has 10 heteroatoms. The number of nitrogens with zero attached hydrogens (tertiary/aromatic N) is 5. The quantitative estimate of drug-likeness (QED) is 0.240. The second kappa shape index (κ2) is 9.96. The van der Waals surface area contributed by atoms with Crippen LogP contribution in [0.1, 0.15) is 32.1 Å². The molecule has 6 aromatic rings. The van der Waals surface area contributed by atoms with Gasteiger partial charge in [0.25, 0.3) is 0 Å². The fourth-order valence-corrected chi connectivity index (χ4v) is 5.44. The minimum atomic E-state index is -0.321. The second-order valence-electron chi connectivity index (χ2n) is 10.1. The highest BCUT2D eigenvalue weighted by atomic mass is 19.1. The lowest BCUT2D eigenvalue weighted by Gasteiger charge is -2.20. The van der Waals surface area contributed by atoms with E-state index in [1.54, 1.807) is 49.1 Å². The maximum Gasteiger partial charge on any atom is 0.227 e. The van der Waals surface area contributed by atoms with E-state index in [-0.39, 0.29) is 17.6 Å². The van der Waals surface area contributed by atoms with Gasteiger partial charge in [-0.05, 0) is 37.1 Å². The first-order valence-electron chi connectivity index (χ1n) is 13.3. The zero-order chi connectivity index (χ0) is 27.1. The molecule has 0 radical (unpaired) electrons. The number of hydrogen-bond donors (Lipinski definition) is 3. The Kier molecular flexibility index (Phi) is 5.99. The van der Waals surface area contributed by atoms with Crippen LogP contribution in [0.25, 0.3) is 56.0 Å². The second-order valence-corrected chi connectivity index (χ2v) is 10.1. The molecule has 9 nitrogen and oxygen atoms in total. The Bertz CT molecular complexity index is 1870. The number of halogens is 1. The average molecular weight is 533 g/mol. The van der Waals surface area contributed by atoms with Crippen LogP contribution in [0, 0.1) is 11.7 Å². The Morgan fingerprint density at radius 1 is 0.975 bits per heavy atom. The largest absolute Gasteiger partial charge is 0.335 e. The van der Waals surface area contributed by atoms with Gasteiger partial charge in [-0.15, -0.1) is 0 Å². The number of hydrogen-bond acceptors (Lipinski definition) is 6. The molecule has 0 spiro atoms. The van der Waals surface area contributed by atoms with Crippen LogP contribution in [-0.4, -0.2) is 41.0 Å². The molecule has 0 atom stereocenters. The number of rotatable bonds is 5. The highest BCUT2D eigenvalue weighted by Gasteiger charge is 2.22. The molecule has 40 heavy (non-hydrogen) atoms. The summed E-state index contributed by atoms with van der Waals surface area (Å²) in [7, 11) is 0. The molecule has 1 aromatic carbocycles. The molecule has 7 rings (SSSR count). The lowest BCUT2D eigenvalue weighted by molar-refractivity contribution is -0.120. The van der Waals surface area contributed by atoms with E-state index in [1.165, 1.54) is 12.5 Å². The van der Waals surface area contributed by atoms with Crippen molar-refractivity contribution in [1.29, 1.82) is 0 Å². The number of imidazole rings is 1. The molecule has 5 heterocycles. The zero-order valence-electron chi connectivity index (χ0n) is 21.5. The predicted octanol–water partition coefficient (Wildman–Crippen LogP) is 6.28. The smallest absolute Gasteiger partial charge is 0.227 e. The molecule has 0 unspecified atom stereocenters. The standard InChI is InChI=1S/C30H25FN8O/c31-23-9-5-4-8-20(23)21-10-11-33-28-26(21)36-29(37-28)27-22-13-24(34-16-25(22)38-39-27)18-12-19(15-32-14-18)35-30(40)17-6-2-1-3-7-17/h4-5,8-17H,1-3,6-7H2,(H,35,40)(H,38,39)(H,33,36,37). The van der Waals surface area contributed by atoms with Crippen molar-refractivity contribution in [1.82, 2.24) is 35.1 Å². The summed E-state index contributed by atoms with van der Waals surface area (Å²) in [6.07, 6.45) is 11.9. The number of anilines is 1. The number of nitrogens with one attached hydrogen (secondary N) is 3. The van der Waals surface area contributed by atoms with E-state index in [0.29, 0.717) is 45.2 Å². The van der Waals surface area contributed by atoms with Crippen molar-refractivity contribution in [2.75, 3.05) is 5.32 Å². The Balaban J connectivity index is 1.23. The Labute approximate surface area is 228 Å². The molecule has 1 amide bonds. The van der Waals surface area contributed by atoms with Crippen LogP contribution in [-0.2, 0) is 4.79 Å². The number of aromatic nitrogens is 7. The van der Waals surface area contributed by atoms with Gasteiger partial charge >= 0.3 is 0 Å². The summed E-state index contributed by atoms with van der Waals surface area (Å²) in [5, 5.41) is 11.3. The van der Waals surface area contributed by atoms with Gasteiger partial charge in [-0.2, -0.15) is 5.10 Å². The van der Waals surface area contributed by atoms with Crippen molar-refractivity contribution in [3.05, 3.63) is 73.1 Å². The molecule has 1 aliphatic carbocycles. The molecule has 5 aromatic heterocycles. The number of benzene rings is 1. The Hall–Kier alpha value is -4.99. The number of pyridine rings is 3. The van der Waals surface area contributed by atoms with E-state index in [9.17, 15) is 9.18 Å². The summed E-state index contributed by atoms with van der Waals surface area (Å²) in [6, 6.07) is 12.2. The fourth-order valence-electron chi connectivity index (χ4n) is 5.44. The average Bonchev–Trinajstić information content (AvgIpc) is 3.62. The molecule has 0 saturated heterocycles. The topological polar surface area (TPSA) is 125 Å². The maximum atomic E-state index is 14.6. The van der Waals surface area contributed by atoms with Gasteiger partial charge in [0.2, 0.25) is 5.91 Å². The number of fused-ring (bicyclic) bond motifs is 2. The molecule has 0 aliphatic heterocycles. The first-order chi connectivity index (χ1) is 19.6. The minimum absolute atomic E-state index is 0.0485. The number of amides is 1. The first-order valence-corrected chi connectivity index (χ1v) is 13.3. The molecule has 1 aliphatic rings. The van der Waals surface area contributed by atoms with E-state index in [1.807, 2.05) is 12.1 Å². The minimum Gasteiger partial charge on any atom is -0.335 e. The summed E-state index contributed by atoms with van der Waals surface area (Å²) in [6.45, 7) is 0. The molecule has 3 N–H and O–H groups in total. The normalized spacial score (nSPS) is 14.1. The van der Waals surface area contributed by atoms with E-state index < -0.39 is 0 Å². The van der Waals surface area contributed by atoms with Crippen molar-refractivity contribution in [3.63, 3.8) is 0 Å². The zero-order valence-corrected chi connectivity index (χ0v) is 21.5. The molecular weight excluding hydrogens is 507 g/mol. The molecule has 1 fully saturated rings. The maximum absolute atomic E-state index is 14.6. The predicted molar refractivity (Wildman–Crippen MR) is 151 cm³/mol. The van der Waals surface area contributed by atoms with Crippen molar-refractivity contribution in [2.24, 2.45) is 5.92 Å². The third-order valence-corrected chi connectivity index (χ3v) is 7.51. The van der Waals surface area contributed by atoms with E-state index >= 15 is 0 Å². The van der Waals surface area contributed by atoms with Crippen LogP contribution in [0.3, 0.4) is 0 Å². The van der Waals surface area contributed by atoms with Crippen LogP contribution >= 0.6 is 0 Å². The third kappa shape index (κ3) is 4.37. The van der Waals surface area contributed by atoms with Crippen molar-refractivity contribution in [3.8, 4) is 33.9 Å². The number of H-pyrrole nitrogens is 2. The van der Waals surface area contributed by atoms with Gasteiger partial charge in [-0.1, -0.05) is 37.5 Å². The van der Waals surface area contributed by atoms with Crippen LogP contribution in [0.5, 0.6) is 0 Å². The van der Waals surface area contributed by atoms with Gasteiger partial charge in [-0.3, -0.25) is 19.9 Å². The van der Waals surface area contributed by atoms with Gasteiger partial charge in [0.05, 0.1) is 34.8 Å². The number of carbonyl (C=O) groups excluding carboxylic acids is 1. The van der Waals surface area contributed by atoms with Gasteiger partial charge in [0.15, 0.2) is 11.5 Å². The van der Waals surface area contributed by atoms with Crippen molar-refractivity contribution >= 4 is 33.7 Å². The van der Waals surface area contributed by atoms with E-state index in [4.69, 9.17) is 0 Å².